The molecular formula is C36H35FN4O2S. The fourth-order valence-electron chi connectivity index (χ4n) is 8.29. The molecule has 5 aliphatic rings. The van der Waals surface area contributed by atoms with Gasteiger partial charge in [0.15, 0.2) is 0 Å². The first-order chi connectivity index (χ1) is 21.4. The molecular weight excluding hydrogens is 571 g/mol. The highest BCUT2D eigenvalue weighted by molar-refractivity contribution is 7.17. The van der Waals surface area contributed by atoms with Gasteiger partial charge in [-0.25, -0.2) is 9.37 Å². The number of anilines is 3. The van der Waals surface area contributed by atoms with Crippen LogP contribution in [0.3, 0.4) is 0 Å². The number of thiophene rings is 1. The number of aryl methyl sites for hydroxylation is 1. The molecule has 3 aliphatic heterocycles. The van der Waals surface area contributed by atoms with E-state index in [4.69, 9.17) is 4.98 Å². The minimum atomic E-state index is -0.454. The van der Waals surface area contributed by atoms with Crippen molar-refractivity contribution in [2.24, 2.45) is 17.8 Å². The number of para-hydroxylation sites is 2. The molecule has 2 aromatic carbocycles. The predicted molar refractivity (Wildman–Crippen MR) is 173 cm³/mol. The third kappa shape index (κ3) is 4.80. The lowest BCUT2D eigenvalue weighted by molar-refractivity contribution is 0.0981. The van der Waals surface area contributed by atoms with Crippen LogP contribution in [0.15, 0.2) is 66.7 Å². The van der Waals surface area contributed by atoms with Gasteiger partial charge in [0.1, 0.15) is 17.3 Å². The van der Waals surface area contributed by atoms with E-state index >= 15 is 0 Å². The number of hydrogen-bond donors (Lipinski definition) is 1. The Labute approximate surface area is 260 Å². The second-order valence-electron chi connectivity index (χ2n) is 13.0. The van der Waals surface area contributed by atoms with E-state index in [1.165, 1.54) is 49.5 Å². The van der Waals surface area contributed by atoms with Gasteiger partial charge >= 0.3 is 0 Å². The van der Waals surface area contributed by atoms with Gasteiger partial charge in [0.25, 0.3) is 11.8 Å². The molecule has 4 aromatic rings. The molecule has 3 unspecified atom stereocenters. The molecule has 0 spiro atoms. The smallest absolute Gasteiger partial charge is 0.276 e. The molecule has 2 aliphatic carbocycles. The van der Waals surface area contributed by atoms with Gasteiger partial charge in [0.2, 0.25) is 0 Å². The number of benzene rings is 2. The van der Waals surface area contributed by atoms with Crippen LogP contribution in [0.5, 0.6) is 0 Å². The van der Waals surface area contributed by atoms with Gasteiger partial charge in [0, 0.05) is 29.6 Å². The van der Waals surface area contributed by atoms with Crippen LogP contribution < -0.4 is 15.1 Å². The van der Waals surface area contributed by atoms with Crippen molar-refractivity contribution in [1.29, 1.82) is 0 Å². The molecule has 2 amide bonds. The summed E-state index contributed by atoms with van der Waals surface area (Å²) in [6, 6.07) is 20.9. The molecule has 8 heteroatoms. The lowest BCUT2D eigenvalue weighted by atomic mass is 9.68. The number of halogens is 1. The Morgan fingerprint density at radius 1 is 0.932 bits per heavy atom. The highest BCUT2D eigenvalue weighted by Gasteiger charge is 2.43. The fraction of sp³-hybridized carbons (Fsp3) is 0.361. The van der Waals surface area contributed by atoms with Crippen molar-refractivity contribution in [3.05, 3.63) is 94.2 Å². The monoisotopic (exact) mass is 606 g/mol. The van der Waals surface area contributed by atoms with Gasteiger partial charge in [-0.15, -0.1) is 11.3 Å². The number of fused-ring (bicyclic) bond motifs is 4. The molecule has 44 heavy (non-hydrogen) atoms. The standard InChI is InChI=1S/C36H35FN4O2S/c1-21-6-4-8-28(37)33(21)39-35(42)31-19-25-12-13-40(30-10-3-2-7-27(30)34(25)44-31)36(43)29-9-5-11-32(38-29)41-20-24-15-22-14-23(16-24)18-26(41)17-22/h2-11,19,22-24,26H,12-18,20H2,1H3,(H,39,42)/t22-,23?,24?,26?/m0/s1. The zero-order valence-corrected chi connectivity index (χ0v) is 25.6. The summed E-state index contributed by atoms with van der Waals surface area (Å²) in [5, 5.41) is 2.77. The Hall–Kier alpha value is -4.04. The van der Waals surface area contributed by atoms with Crippen molar-refractivity contribution >= 4 is 40.3 Å². The quantitative estimate of drug-likeness (QED) is 0.258. The molecule has 6 nitrogen and oxygen atoms in total. The summed E-state index contributed by atoms with van der Waals surface area (Å²) in [6.45, 7) is 3.29. The molecule has 4 bridgehead atoms. The van der Waals surface area contributed by atoms with Crippen molar-refractivity contribution < 1.29 is 14.0 Å². The van der Waals surface area contributed by atoms with E-state index in [0.29, 0.717) is 35.1 Å². The molecule has 9 rings (SSSR count). The maximum Gasteiger partial charge on any atom is 0.276 e. The summed E-state index contributed by atoms with van der Waals surface area (Å²) in [4.78, 5) is 38.2. The Morgan fingerprint density at radius 2 is 1.70 bits per heavy atom. The van der Waals surface area contributed by atoms with Crippen LogP contribution in [0.2, 0.25) is 0 Å². The zero-order valence-electron chi connectivity index (χ0n) is 24.8. The lowest BCUT2D eigenvalue weighted by Crippen LogP contribution is -2.39. The molecule has 2 saturated carbocycles. The second-order valence-corrected chi connectivity index (χ2v) is 14.1. The maximum absolute atomic E-state index is 14.4. The van der Waals surface area contributed by atoms with Crippen molar-refractivity contribution in [3.8, 4) is 10.4 Å². The number of rotatable bonds is 4. The van der Waals surface area contributed by atoms with Crippen LogP contribution in [0.1, 0.15) is 63.4 Å². The van der Waals surface area contributed by atoms with Crippen LogP contribution in [0.4, 0.5) is 21.6 Å². The molecule has 5 heterocycles. The summed E-state index contributed by atoms with van der Waals surface area (Å²) in [6.07, 6.45) is 7.15. The summed E-state index contributed by atoms with van der Waals surface area (Å²) in [5.74, 6) is 2.45. The molecule has 1 N–H and O–H groups in total. The van der Waals surface area contributed by atoms with E-state index in [9.17, 15) is 14.0 Å². The van der Waals surface area contributed by atoms with E-state index in [1.54, 1.807) is 19.1 Å². The van der Waals surface area contributed by atoms with Gasteiger partial charge in [0.05, 0.1) is 16.3 Å². The average molecular weight is 607 g/mol. The van der Waals surface area contributed by atoms with Crippen molar-refractivity contribution in [3.63, 3.8) is 0 Å². The molecule has 4 atom stereocenters. The van der Waals surface area contributed by atoms with E-state index < -0.39 is 5.82 Å². The number of pyridine rings is 1. The highest BCUT2D eigenvalue weighted by atomic mass is 32.1. The third-order valence-electron chi connectivity index (χ3n) is 10.1. The summed E-state index contributed by atoms with van der Waals surface area (Å²) >= 11 is 1.38. The Bertz CT molecular complexity index is 1750. The number of hydrogen-bond acceptors (Lipinski definition) is 5. The zero-order chi connectivity index (χ0) is 29.9. The van der Waals surface area contributed by atoms with E-state index in [0.717, 1.165) is 51.8 Å². The number of nitrogens with zero attached hydrogens (tertiary/aromatic N) is 3. The molecule has 2 saturated heterocycles. The normalized spacial score (nSPS) is 23.5. The highest BCUT2D eigenvalue weighted by Crippen LogP contribution is 2.48. The number of carbonyl (C=O) groups is 2. The Balaban J connectivity index is 1.07. The minimum Gasteiger partial charge on any atom is -0.353 e. The number of carbonyl (C=O) groups excluding carboxylic acids is 2. The number of amides is 2. The van der Waals surface area contributed by atoms with Crippen molar-refractivity contribution in [2.45, 2.75) is 51.5 Å². The largest absolute Gasteiger partial charge is 0.353 e. The topological polar surface area (TPSA) is 65.5 Å². The van der Waals surface area contributed by atoms with Gasteiger partial charge in [-0.2, -0.15) is 0 Å². The SMILES string of the molecule is Cc1cccc(F)c1NC(=O)c1cc2c(s1)-c1ccccc1N(C(=O)c1cccc(N3CC4CC5CC3C[C@@H](C5)C4)n1)CC2. The third-order valence-corrected chi connectivity index (χ3v) is 11.3. The first kappa shape index (κ1) is 27.5. The molecule has 2 aromatic heterocycles. The summed E-state index contributed by atoms with van der Waals surface area (Å²) in [5.41, 5.74) is 4.07. The molecule has 224 valence electrons. The minimum absolute atomic E-state index is 0.108. The Morgan fingerprint density at radius 3 is 2.52 bits per heavy atom. The molecule has 0 radical (unpaired) electrons. The first-order valence-corrected chi connectivity index (χ1v) is 16.6. The van der Waals surface area contributed by atoms with Crippen molar-refractivity contribution in [2.75, 3.05) is 28.2 Å². The van der Waals surface area contributed by atoms with E-state index in [2.05, 4.69) is 16.3 Å². The van der Waals surface area contributed by atoms with Gasteiger partial charge in [-0.1, -0.05) is 36.4 Å². The molecule has 4 fully saturated rings. The number of nitrogens with one attached hydrogen (secondary N) is 1. The summed E-state index contributed by atoms with van der Waals surface area (Å²) in [7, 11) is 0. The van der Waals surface area contributed by atoms with E-state index in [1.807, 2.05) is 47.4 Å². The van der Waals surface area contributed by atoms with E-state index in [-0.39, 0.29) is 17.5 Å². The van der Waals surface area contributed by atoms with Crippen LogP contribution in [0, 0.1) is 30.5 Å². The lowest BCUT2D eigenvalue weighted by Gasteiger charge is -2.39. The second kappa shape index (κ2) is 10.8. The van der Waals surface area contributed by atoms with Crippen LogP contribution in [-0.2, 0) is 6.42 Å². The van der Waals surface area contributed by atoms with Crippen LogP contribution >= 0.6 is 11.3 Å². The van der Waals surface area contributed by atoms with Crippen LogP contribution in [0.25, 0.3) is 10.4 Å². The van der Waals surface area contributed by atoms with Gasteiger partial charge in [-0.05, 0) is 105 Å². The summed E-state index contributed by atoms with van der Waals surface area (Å²) < 4.78 is 14.4. The fourth-order valence-corrected chi connectivity index (χ4v) is 9.43. The number of aromatic nitrogens is 1. The van der Waals surface area contributed by atoms with Gasteiger partial charge < -0.3 is 15.1 Å². The Kier molecular flexibility index (Phi) is 6.78. The van der Waals surface area contributed by atoms with Crippen molar-refractivity contribution in [1.82, 2.24) is 4.98 Å². The van der Waals surface area contributed by atoms with Crippen LogP contribution in [-0.4, -0.2) is 35.9 Å². The van der Waals surface area contributed by atoms with Gasteiger partial charge in [-0.3, -0.25) is 9.59 Å². The maximum atomic E-state index is 14.4. The first-order valence-electron chi connectivity index (χ1n) is 15.8. The predicted octanol–water partition coefficient (Wildman–Crippen LogP) is 7.73. The average Bonchev–Trinajstić information content (AvgIpc) is 3.27.